The van der Waals surface area contributed by atoms with Gasteiger partial charge >= 0.3 is 0 Å². The van der Waals surface area contributed by atoms with Crippen molar-refractivity contribution in [1.29, 1.82) is 0 Å². The summed E-state index contributed by atoms with van der Waals surface area (Å²) in [4.78, 5) is 0. The van der Waals surface area contributed by atoms with Crippen molar-refractivity contribution in [2.45, 2.75) is 32.9 Å². The first kappa shape index (κ1) is 17.8. The van der Waals surface area contributed by atoms with Crippen molar-refractivity contribution in [3.8, 4) is 5.75 Å². The Morgan fingerprint density at radius 3 is 2.35 bits per heavy atom. The molecule has 2 aromatic rings. The molecule has 0 aromatic heterocycles. The second-order valence-corrected chi connectivity index (χ2v) is 6.38. The first-order valence-corrected chi connectivity index (χ1v) is 8.31. The summed E-state index contributed by atoms with van der Waals surface area (Å²) in [5, 5.41) is 13.0. The van der Waals surface area contributed by atoms with Crippen molar-refractivity contribution in [3.63, 3.8) is 0 Å². The number of quaternary nitrogens is 1. The largest absolute Gasteiger partial charge is 0.491 e. The molecule has 23 heavy (non-hydrogen) atoms. The van der Waals surface area contributed by atoms with Crippen molar-refractivity contribution in [2.75, 3.05) is 13.2 Å². The third-order valence-electron chi connectivity index (χ3n) is 3.94. The number of aryl methyl sites for hydroxylation is 2. The van der Waals surface area contributed by atoms with E-state index >= 15 is 0 Å². The molecule has 3 N–H and O–H groups in total. The van der Waals surface area contributed by atoms with E-state index in [1.54, 1.807) is 0 Å². The van der Waals surface area contributed by atoms with Crippen LogP contribution in [0.5, 0.6) is 5.75 Å². The summed E-state index contributed by atoms with van der Waals surface area (Å²) in [7, 11) is 0. The first-order chi connectivity index (χ1) is 11.0. The van der Waals surface area contributed by atoms with Crippen LogP contribution in [0.15, 0.2) is 42.5 Å². The molecule has 0 heterocycles. The Hall–Kier alpha value is -1.55. The number of nitrogens with two attached hydrogens (primary N) is 1. The van der Waals surface area contributed by atoms with Crippen LogP contribution in [0.4, 0.5) is 0 Å². The third-order valence-corrected chi connectivity index (χ3v) is 4.54. The minimum Gasteiger partial charge on any atom is -0.491 e. The van der Waals surface area contributed by atoms with Gasteiger partial charge < -0.3 is 15.2 Å². The number of ether oxygens (including phenoxy) is 1. The summed E-state index contributed by atoms with van der Waals surface area (Å²) in [6.45, 7) is 6.91. The average molecular weight is 335 g/mol. The second kappa shape index (κ2) is 8.34. The standard InChI is InChI=1S/C19H24ClNO2/c1-13-9-18(10-14(2)19(13)20)23-12-17(22)11-21-15(3)16-7-5-4-6-8-16/h4-10,15,17,21-22H,11-12H2,1-3H3/p+1/t15-,17-/m0/s1. The van der Waals surface area contributed by atoms with Gasteiger partial charge in [0.05, 0.1) is 0 Å². The summed E-state index contributed by atoms with van der Waals surface area (Å²) >= 11 is 6.15. The van der Waals surface area contributed by atoms with E-state index in [1.807, 2.05) is 44.2 Å². The highest BCUT2D eigenvalue weighted by Gasteiger charge is 2.13. The summed E-state index contributed by atoms with van der Waals surface area (Å²) < 4.78 is 5.69. The highest BCUT2D eigenvalue weighted by atomic mass is 35.5. The van der Waals surface area contributed by atoms with E-state index in [9.17, 15) is 5.11 Å². The third kappa shape index (κ3) is 5.24. The number of aliphatic hydroxyl groups excluding tert-OH is 1. The van der Waals surface area contributed by atoms with Gasteiger partial charge in [0.25, 0.3) is 0 Å². The Kier molecular flexibility index (Phi) is 6.46. The molecule has 0 bridgehead atoms. The van der Waals surface area contributed by atoms with Crippen molar-refractivity contribution in [2.24, 2.45) is 0 Å². The number of benzene rings is 2. The normalized spacial score (nSPS) is 13.6. The molecule has 2 atom stereocenters. The zero-order valence-corrected chi connectivity index (χ0v) is 14.7. The average Bonchev–Trinajstić information content (AvgIpc) is 2.56. The van der Waals surface area contributed by atoms with Gasteiger partial charge in [0, 0.05) is 10.6 Å². The Bertz CT molecular complexity index is 608. The molecular weight excluding hydrogens is 310 g/mol. The number of hydrogen-bond donors (Lipinski definition) is 2. The minimum absolute atomic E-state index is 0.276. The lowest BCUT2D eigenvalue weighted by Gasteiger charge is -2.16. The maximum Gasteiger partial charge on any atom is 0.137 e. The molecule has 0 amide bonds. The molecule has 4 heteroatoms. The number of hydrogen-bond acceptors (Lipinski definition) is 2. The highest BCUT2D eigenvalue weighted by molar-refractivity contribution is 6.32. The zero-order valence-electron chi connectivity index (χ0n) is 13.9. The summed E-state index contributed by atoms with van der Waals surface area (Å²) in [5.41, 5.74) is 3.23. The van der Waals surface area contributed by atoms with Gasteiger partial charge in [0.1, 0.15) is 31.0 Å². The summed E-state index contributed by atoms with van der Waals surface area (Å²) in [6, 6.07) is 14.4. The molecule has 0 aliphatic heterocycles. The van der Waals surface area contributed by atoms with Crippen LogP contribution in [0.1, 0.15) is 29.7 Å². The maximum atomic E-state index is 10.1. The molecule has 0 radical (unpaired) electrons. The van der Waals surface area contributed by atoms with Gasteiger partial charge in [0.2, 0.25) is 0 Å². The van der Waals surface area contributed by atoms with Gasteiger partial charge in [-0.1, -0.05) is 41.9 Å². The number of halogens is 1. The molecule has 124 valence electrons. The van der Waals surface area contributed by atoms with E-state index in [1.165, 1.54) is 5.56 Å². The molecular formula is C19H25ClNO2+. The van der Waals surface area contributed by atoms with Crippen LogP contribution in [0.25, 0.3) is 0 Å². The fourth-order valence-corrected chi connectivity index (χ4v) is 2.61. The van der Waals surface area contributed by atoms with E-state index in [0.29, 0.717) is 12.6 Å². The molecule has 2 aromatic carbocycles. The van der Waals surface area contributed by atoms with E-state index in [2.05, 4.69) is 24.4 Å². The fourth-order valence-electron chi connectivity index (χ4n) is 2.50. The van der Waals surface area contributed by atoms with Crippen molar-refractivity contribution >= 4 is 11.6 Å². The Morgan fingerprint density at radius 1 is 1.13 bits per heavy atom. The summed E-state index contributed by atoms with van der Waals surface area (Å²) in [6.07, 6.45) is -0.516. The van der Waals surface area contributed by atoms with Crippen LogP contribution in [-0.4, -0.2) is 24.4 Å². The topological polar surface area (TPSA) is 46.1 Å². The van der Waals surface area contributed by atoms with Crippen LogP contribution < -0.4 is 10.1 Å². The van der Waals surface area contributed by atoms with Crippen molar-refractivity contribution in [3.05, 3.63) is 64.2 Å². The maximum absolute atomic E-state index is 10.1. The Balaban J connectivity index is 1.80. The summed E-state index contributed by atoms with van der Waals surface area (Å²) in [5.74, 6) is 0.750. The molecule has 0 unspecified atom stereocenters. The fraction of sp³-hybridized carbons (Fsp3) is 0.368. The van der Waals surface area contributed by atoms with Crippen LogP contribution in [0.2, 0.25) is 5.02 Å². The number of aliphatic hydroxyl groups is 1. The molecule has 0 saturated carbocycles. The molecule has 0 aliphatic rings. The lowest BCUT2D eigenvalue weighted by Crippen LogP contribution is -2.87. The van der Waals surface area contributed by atoms with Crippen molar-refractivity contribution < 1.29 is 15.2 Å². The van der Waals surface area contributed by atoms with E-state index < -0.39 is 6.10 Å². The van der Waals surface area contributed by atoms with Crippen LogP contribution in [0, 0.1) is 13.8 Å². The molecule has 0 fully saturated rings. The lowest BCUT2D eigenvalue weighted by molar-refractivity contribution is -0.698. The highest BCUT2D eigenvalue weighted by Crippen LogP contribution is 2.25. The van der Waals surface area contributed by atoms with Crippen LogP contribution in [-0.2, 0) is 0 Å². The Morgan fingerprint density at radius 2 is 1.74 bits per heavy atom. The molecule has 2 rings (SSSR count). The predicted molar refractivity (Wildman–Crippen MR) is 94.1 cm³/mol. The van der Waals surface area contributed by atoms with E-state index in [4.69, 9.17) is 16.3 Å². The minimum atomic E-state index is -0.516. The zero-order chi connectivity index (χ0) is 16.8. The van der Waals surface area contributed by atoms with Gasteiger partial charge in [-0.15, -0.1) is 0 Å². The van der Waals surface area contributed by atoms with E-state index in [-0.39, 0.29) is 6.61 Å². The van der Waals surface area contributed by atoms with Gasteiger partial charge in [-0.25, -0.2) is 0 Å². The SMILES string of the molecule is Cc1cc(OC[C@@H](O)C[NH2+][C@@H](C)c2ccccc2)cc(C)c1Cl. The van der Waals surface area contributed by atoms with Gasteiger partial charge in [-0.3, -0.25) is 0 Å². The Labute approximate surface area is 143 Å². The van der Waals surface area contributed by atoms with Gasteiger partial charge in [0.15, 0.2) is 0 Å². The first-order valence-electron chi connectivity index (χ1n) is 7.93. The predicted octanol–water partition coefficient (Wildman–Crippen LogP) is 3.02. The molecule has 3 nitrogen and oxygen atoms in total. The second-order valence-electron chi connectivity index (χ2n) is 6.01. The van der Waals surface area contributed by atoms with Gasteiger partial charge in [-0.2, -0.15) is 0 Å². The quantitative estimate of drug-likeness (QED) is 0.817. The molecule has 0 saturated heterocycles. The van der Waals surface area contributed by atoms with Crippen LogP contribution in [0.3, 0.4) is 0 Å². The van der Waals surface area contributed by atoms with Crippen LogP contribution >= 0.6 is 11.6 Å². The smallest absolute Gasteiger partial charge is 0.137 e. The lowest BCUT2D eigenvalue weighted by atomic mass is 10.1. The monoisotopic (exact) mass is 334 g/mol. The van der Waals surface area contributed by atoms with E-state index in [0.717, 1.165) is 21.9 Å². The van der Waals surface area contributed by atoms with Gasteiger partial charge in [-0.05, 0) is 44.0 Å². The molecule has 0 spiro atoms. The number of rotatable bonds is 7. The molecule has 0 aliphatic carbocycles. The van der Waals surface area contributed by atoms with Crippen molar-refractivity contribution in [1.82, 2.24) is 0 Å².